The third kappa shape index (κ3) is 20.2. The Balaban J connectivity index is 6.59. The smallest absolute Gasteiger partial charge is 0.326 e. The fourth-order valence-electron chi connectivity index (χ4n) is 5.53. The average Bonchev–Trinajstić information content (AvgIpc) is 3.16. The van der Waals surface area contributed by atoms with Crippen LogP contribution in [0, 0.1) is 17.8 Å². The lowest BCUT2D eigenvalue weighted by atomic mass is 9.96. The summed E-state index contributed by atoms with van der Waals surface area (Å²) in [7, 11) is 0. The van der Waals surface area contributed by atoms with Gasteiger partial charge in [-0.05, 0) is 56.4 Å². The van der Waals surface area contributed by atoms with Gasteiger partial charge in [0.15, 0.2) is 0 Å². The number of carboxylic acid groups (broad SMARTS) is 2. The van der Waals surface area contributed by atoms with Crippen molar-refractivity contribution < 1.29 is 58.2 Å². The van der Waals surface area contributed by atoms with Gasteiger partial charge in [-0.15, -0.1) is 0 Å². The van der Waals surface area contributed by atoms with E-state index in [2.05, 4.69) is 31.9 Å². The predicted molar refractivity (Wildman–Crippen MR) is 213 cm³/mol. The van der Waals surface area contributed by atoms with E-state index in [4.69, 9.17) is 22.9 Å². The summed E-state index contributed by atoms with van der Waals surface area (Å²) in [5, 5.41) is 33.6. The number of hydrogen-bond acceptors (Lipinski definition) is 12. The van der Waals surface area contributed by atoms with E-state index in [0.717, 1.165) is 0 Å². The number of carbonyl (C=O) groups is 10. The molecule has 336 valence electrons. The number of aliphatic carboxylic acids is 2. The molecule has 0 spiro atoms. The number of carbonyl (C=O) groups excluding carboxylic acids is 8. The molecule has 0 aromatic heterocycles. The van der Waals surface area contributed by atoms with Gasteiger partial charge in [0.1, 0.15) is 36.3 Å². The van der Waals surface area contributed by atoms with E-state index < -0.39 is 139 Å². The number of primary amides is 2. The summed E-state index contributed by atoms with van der Waals surface area (Å²) < 4.78 is 0. The molecule has 22 heteroatoms. The largest absolute Gasteiger partial charge is 0.481 e. The second kappa shape index (κ2) is 27.3. The minimum atomic E-state index is -1.54. The lowest BCUT2D eigenvalue weighted by Gasteiger charge is -2.29. The molecule has 0 aliphatic carbocycles. The van der Waals surface area contributed by atoms with Crippen LogP contribution in [0.4, 0.5) is 0 Å². The van der Waals surface area contributed by atoms with Crippen molar-refractivity contribution in [3.05, 3.63) is 0 Å². The van der Waals surface area contributed by atoms with Crippen molar-refractivity contribution in [2.75, 3.05) is 6.54 Å². The second-order valence-corrected chi connectivity index (χ2v) is 15.0. The van der Waals surface area contributed by atoms with Gasteiger partial charge >= 0.3 is 11.9 Å². The Morgan fingerprint density at radius 3 is 1.39 bits per heavy atom. The molecule has 0 aromatic rings. The lowest BCUT2D eigenvalue weighted by Crippen LogP contribution is -2.61. The third-order valence-electron chi connectivity index (χ3n) is 9.80. The van der Waals surface area contributed by atoms with E-state index in [1.54, 1.807) is 41.5 Å². The number of hydrogen-bond donors (Lipinski definition) is 12. The summed E-state index contributed by atoms with van der Waals surface area (Å²) in [5.74, 6) is -11.4. The molecule has 22 nitrogen and oxygen atoms in total. The molecule has 0 rings (SSSR count). The van der Waals surface area contributed by atoms with Crippen molar-refractivity contribution in [2.45, 2.75) is 148 Å². The van der Waals surface area contributed by atoms with E-state index in [9.17, 15) is 58.2 Å². The van der Waals surface area contributed by atoms with Crippen LogP contribution in [0.3, 0.4) is 0 Å². The van der Waals surface area contributed by atoms with Crippen molar-refractivity contribution in [3.63, 3.8) is 0 Å². The predicted octanol–water partition coefficient (Wildman–Crippen LogP) is -2.81. The van der Waals surface area contributed by atoms with Gasteiger partial charge in [-0.2, -0.15) is 0 Å². The van der Waals surface area contributed by atoms with E-state index in [1.165, 1.54) is 0 Å². The van der Waals surface area contributed by atoms with E-state index >= 15 is 0 Å². The molecule has 0 heterocycles. The normalized spacial score (nSPS) is 15.7. The van der Waals surface area contributed by atoms with Crippen LogP contribution >= 0.6 is 0 Å². The van der Waals surface area contributed by atoms with Gasteiger partial charge in [0, 0.05) is 12.8 Å². The van der Waals surface area contributed by atoms with Crippen LogP contribution in [0.5, 0.6) is 0 Å². The highest BCUT2D eigenvalue weighted by Crippen LogP contribution is 2.13. The molecule has 16 N–H and O–H groups in total. The molecule has 0 radical (unpaired) electrons. The first-order valence-corrected chi connectivity index (χ1v) is 19.8. The van der Waals surface area contributed by atoms with E-state index in [1.807, 2.05) is 0 Å². The first-order valence-electron chi connectivity index (χ1n) is 19.8. The topological polar surface area (TPSA) is 387 Å². The Hall–Kier alpha value is -5.38. The molecule has 0 saturated carbocycles. The van der Waals surface area contributed by atoms with Gasteiger partial charge in [0.2, 0.25) is 47.3 Å². The highest BCUT2D eigenvalue weighted by molar-refractivity contribution is 5.98. The van der Waals surface area contributed by atoms with Gasteiger partial charge in [-0.1, -0.05) is 54.4 Å². The van der Waals surface area contributed by atoms with Crippen LogP contribution in [0.15, 0.2) is 0 Å². The molecule has 0 bridgehead atoms. The Bertz CT molecular complexity index is 1480. The Labute approximate surface area is 344 Å². The standard InChI is InChI=1S/C37H66N10O12/c1-7-19(5)29(46-34(55)24(17-26(40)49)45-35(56)28(41)18(3)4)36(57)44-22(12-14-25(39)48)32(53)42-21(11-9-10-16-38)31(52)43-23(13-15-27(50)51)33(54)47-30(37(58)59)20(6)8-2/h18-24,28-30H,7-17,38,41H2,1-6H3,(H2,39,48)(H2,40,49)(H,42,53)(H,43,52)(H,44,57)(H,45,56)(H,46,55)(H,47,54)(H,50,51)(H,58,59). The lowest BCUT2D eigenvalue weighted by molar-refractivity contribution is -0.144. The fraction of sp³-hybridized carbons (Fsp3) is 0.730. The molecule has 0 aliphatic rings. The highest BCUT2D eigenvalue weighted by atomic mass is 16.4. The number of unbranched alkanes of at least 4 members (excludes halogenated alkanes) is 1. The Morgan fingerprint density at radius 1 is 0.525 bits per heavy atom. The van der Waals surface area contributed by atoms with Crippen LogP contribution in [-0.4, -0.2) is 118 Å². The molecular formula is C37H66N10O12. The first-order chi connectivity index (χ1) is 27.5. The van der Waals surface area contributed by atoms with Crippen LogP contribution < -0.4 is 54.8 Å². The van der Waals surface area contributed by atoms with Gasteiger partial charge in [0.05, 0.1) is 12.5 Å². The average molecular weight is 843 g/mol. The SMILES string of the molecule is CCC(C)C(NC(=O)C(CCC(=O)O)NC(=O)C(CCCCN)NC(=O)C(CCC(N)=O)NC(=O)C(NC(=O)C(CC(N)=O)NC(=O)C(N)C(C)C)C(C)CC)C(=O)O. The number of rotatable bonds is 30. The molecule has 0 aromatic carbocycles. The zero-order chi connectivity index (χ0) is 45.6. The Morgan fingerprint density at radius 2 is 0.949 bits per heavy atom. The number of nitrogens with one attached hydrogen (secondary N) is 6. The second-order valence-electron chi connectivity index (χ2n) is 15.0. The van der Waals surface area contributed by atoms with Crippen molar-refractivity contribution in [1.82, 2.24) is 31.9 Å². The summed E-state index contributed by atoms with van der Waals surface area (Å²) in [6.45, 7) is 10.2. The summed E-state index contributed by atoms with van der Waals surface area (Å²) in [6.07, 6.45) is -1.12. The quantitative estimate of drug-likeness (QED) is 0.0325. The van der Waals surface area contributed by atoms with Crippen LogP contribution in [0.25, 0.3) is 0 Å². The number of nitrogens with two attached hydrogens (primary N) is 4. The summed E-state index contributed by atoms with van der Waals surface area (Å²) in [6, 6.07) is -9.76. The zero-order valence-electron chi connectivity index (χ0n) is 34.8. The highest BCUT2D eigenvalue weighted by Gasteiger charge is 2.36. The van der Waals surface area contributed by atoms with Crippen molar-refractivity contribution in [2.24, 2.45) is 40.7 Å². The van der Waals surface area contributed by atoms with Crippen LogP contribution in [-0.2, 0) is 47.9 Å². The molecule has 0 fully saturated rings. The number of amides is 8. The molecule has 59 heavy (non-hydrogen) atoms. The first kappa shape index (κ1) is 53.6. The monoisotopic (exact) mass is 842 g/mol. The summed E-state index contributed by atoms with van der Waals surface area (Å²) in [5.41, 5.74) is 22.2. The molecular weight excluding hydrogens is 776 g/mol. The van der Waals surface area contributed by atoms with Crippen molar-refractivity contribution >= 4 is 59.2 Å². The molecule has 8 amide bonds. The van der Waals surface area contributed by atoms with Crippen LogP contribution in [0.1, 0.15) is 106 Å². The van der Waals surface area contributed by atoms with E-state index in [0.29, 0.717) is 19.3 Å². The van der Waals surface area contributed by atoms with Crippen molar-refractivity contribution in [3.8, 4) is 0 Å². The molecule has 0 saturated heterocycles. The molecule has 9 atom stereocenters. The maximum absolute atomic E-state index is 13.9. The van der Waals surface area contributed by atoms with Gasteiger partial charge in [-0.25, -0.2) is 4.79 Å². The zero-order valence-corrected chi connectivity index (χ0v) is 34.8. The van der Waals surface area contributed by atoms with Gasteiger partial charge in [0.25, 0.3) is 0 Å². The van der Waals surface area contributed by atoms with Gasteiger partial charge in [-0.3, -0.25) is 43.2 Å². The third-order valence-corrected chi connectivity index (χ3v) is 9.80. The minimum Gasteiger partial charge on any atom is -0.481 e. The van der Waals surface area contributed by atoms with Crippen molar-refractivity contribution in [1.29, 1.82) is 0 Å². The Kier molecular flexibility index (Phi) is 24.8. The van der Waals surface area contributed by atoms with E-state index in [-0.39, 0.29) is 31.7 Å². The number of carboxylic acids is 2. The summed E-state index contributed by atoms with van der Waals surface area (Å²) in [4.78, 5) is 128. The molecule has 9 unspecified atom stereocenters. The van der Waals surface area contributed by atoms with Gasteiger partial charge < -0.3 is 65.0 Å². The molecule has 0 aliphatic heterocycles. The minimum absolute atomic E-state index is 0.0534. The summed E-state index contributed by atoms with van der Waals surface area (Å²) >= 11 is 0. The fourth-order valence-corrected chi connectivity index (χ4v) is 5.53. The van der Waals surface area contributed by atoms with Crippen LogP contribution in [0.2, 0.25) is 0 Å². The maximum atomic E-state index is 13.9. The maximum Gasteiger partial charge on any atom is 0.326 e.